The molecule has 0 amide bonds. The molecule has 2 aromatic heterocycles. The van der Waals surface area contributed by atoms with Gasteiger partial charge in [0.1, 0.15) is 17.7 Å². The number of hydrogen-bond acceptors (Lipinski definition) is 7. The molecule has 0 spiro atoms. The Bertz CT molecular complexity index is 1070. The van der Waals surface area contributed by atoms with Gasteiger partial charge in [0.25, 0.3) is 0 Å². The number of phenols is 1. The normalized spacial score (nSPS) is 24.9. The Labute approximate surface area is 179 Å². The fourth-order valence-electron chi connectivity index (χ4n) is 4.52. The molecule has 5 rings (SSSR count). The Morgan fingerprint density at radius 1 is 1.23 bits per heavy atom. The number of rotatable bonds is 5. The molecule has 31 heavy (non-hydrogen) atoms. The van der Waals surface area contributed by atoms with E-state index in [0.717, 1.165) is 19.3 Å². The maximum Gasteiger partial charge on any atom is 0.301 e. The second-order valence-electron chi connectivity index (χ2n) is 8.28. The maximum absolute atomic E-state index is 14.9. The van der Waals surface area contributed by atoms with Gasteiger partial charge in [0.05, 0.1) is 11.7 Å². The summed E-state index contributed by atoms with van der Waals surface area (Å²) in [6.07, 6.45) is 5.16. The topological polar surface area (TPSA) is 88.3 Å². The first kappa shape index (κ1) is 19.7. The van der Waals surface area contributed by atoms with Crippen molar-refractivity contribution in [2.24, 2.45) is 7.05 Å². The minimum Gasteiger partial charge on any atom is -0.507 e. The first-order chi connectivity index (χ1) is 15.0. The largest absolute Gasteiger partial charge is 0.507 e. The number of fused-ring (bicyclic) bond motifs is 2. The molecular formula is C22H25FN6O2. The van der Waals surface area contributed by atoms with Crippen molar-refractivity contribution in [1.29, 1.82) is 0 Å². The number of halogens is 1. The predicted molar refractivity (Wildman–Crippen MR) is 114 cm³/mol. The third-order valence-corrected chi connectivity index (χ3v) is 6.29. The van der Waals surface area contributed by atoms with Gasteiger partial charge in [0.15, 0.2) is 5.82 Å². The molecule has 2 aliphatic rings. The van der Waals surface area contributed by atoms with Crippen LogP contribution >= 0.6 is 0 Å². The zero-order valence-corrected chi connectivity index (χ0v) is 17.4. The Hall–Kier alpha value is -3.20. The van der Waals surface area contributed by atoms with E-state index >= 15 is 0 Å². The van der Waals surface area contributed by atoms with Crippen molar-refractivity contribution >= 4 is 5.82 Å². The maximum atomic E-state index is 14.9. The highest BCUT2D eigenvalue weighted by Crippen LogP contribution is 2.35. The number of ether oxygens (including phenoxy) is 1. The van der Waals surface area contributed by atoms with Gasteiger partial charge in [0, 0.05) is 50.2 Å². The summed E-state index contributed by atoms with van der Waals surface area (Å²) in [5.41, 5.74) is 1.07. The summed E-state index contributed by atoms with van der Waals surface area (Å²) < 4.78 is 22.3. The van der Waals surface area contributed by atoms with Crippen molar-refractivity contribution in [3.63, 3.8) is 0 Å². The van der Waals surface area contributed by atoms with Gasteiger partial charge in [-0.15, -0.1) is 10.2 Å². The molecule has 0 unspecified atom stereocenters. The minimum absolute atomic E-state index is 0.0286. The summed E-state index contributed by atoms with van der Waals surface area (Å²) in [5, 5.41) is 22.4. The molecule has 2 fully saturated rings. The Kier molecular flexibility index (Phi) is 4.97. The fraction of sp³-hybridized carbons (Fsp3) is 0.409. The van der Waals surface area contributed by atoms with Gasteiger partial charge in [-0.2, -0.15) is 0 Å². The van der Waals surface area contributed by atoms with Crippen LogP contribution in [0.2, 0.25) is 0 Å². The average molecular weight is 424 g/mol. The smallest absolute Gasteiger partial charge is 0.301 e. The number of anilines is 1. The second kappa shape index (κ2) is 7.81. The molecule has 8 nitrogen and oxygen atoms in total. The molecule has 2 aliphatic heterocycles. The van der Waals surface area contributed by atoms with E-state index in [9.17, 15) is 9.50 Å². The number of piperidine rings is 1. The van der Waals surface area contributed by atoms with Gasteiger partial charge in [-0.05, 0) is 43.5 Å². The number of nitrogens with zero attached hydrogens (tertiary/aromatic N) is 5. The van der Waals surface area contributed by atoms with Crippen molar-refractivity contribution in [3.8, 4) is 28.8 Å². The molecule has 0 radical (unpaired) electrons. The molecule has 3 aromatic rings. The lowest BCUT2D eigenvalue weighted by atomic mass is 9.96. The van der Waals surface area contributed by atoms with E-state index in [1.807, 2.05) is 25.1 Å². The zero-order chi connectivity index (χ0) is 21.5. The number of phenolic OH excluding ortho intramolecular Hbond substituents is 1. The molecule has 2 saturated heterocycles. The number of hydrogen-bond donors (Lipinski definition) is 2. The van der Waals surface area contributed by atoms with Crippen LogP contribution in [0.1, 0.15) is 19.3 Å². The van der Waals surface area contributed by atoms with Crippen molar-refractivity contribution in [1.82, 2.24) is 25.1 Å². The number of alkyl halides is 1. The first-order valence-electron chi connectivity index (χ1n) is 10.4. The number of aromatic hydroxyl groups is 1. The zero-order valence-electron chi connectivity index (χ0n) is 17.4. The molecule has 0 aliphatic carbocycles. The van der Waals surface area contributed by atoms with Gasteiger partial charge in [0.2, 0.25) is 0 Å². The lowest BCUT2D eigenvalue weighted by Gasteiger charge is -2.38. The Morgan fingerprint density at radius 2 is 2.10 bits per heavy atom. The number of aryl methyl sites for hydroxylation is 1. The molecule has 9 heteroatoms. The van der Waals surface area contributed by atoms with Crippen LogP contribution in [0.15, 0.2) is 42.7 Å². The Balaban J connectivity index is 1.32. The first-order valence-corrected chi connectivity index (χ1v) is 10.4. The lowest BCUT2D eigenvalue weighted by molar-refractivity contribution is 0.176. The highest BCUT2D eigenvalue weighted by Gasteiger charge is 2.43. The fourth-order valence-corrected chi connectivity index (χ4v) is 4.52. The van der Waals surface area contributed by atoms with Crippen molar-refractivity contribution in [2.45, 2.75) is 43.6 Å². The van der Waals surface area contributed by atoms with Gasteiger partial charge in [-0.3, -0.25) is 0 Å². The van der Waals surface area contributed by atoms with Crippen molar-refractivity contribution in [3.05, 3.63) is 42.7 Å². The van der Waals surface area contributed by atoms with Crippen LogP contribution in [0.25, 0.3) is 11.3 Å². The lowest BCUT2D eigenvalue weighted by Crippen LogP contribution is -2.55. The highest BCUT2D eigenvalue weighted by atomic mass is 19.1. The number of aromatic nitrogens is 4. The van der Waals surface area contributed by atoms with E-state index in [-0.39, 0.29) is 17.8 Å². The summed E-state index contributed by atoms with van der Waals surface area (Å²) in [7, 11) is 3.69. The van der Waals surface area contributed by atoms with E-state index in [4.69, 9.17) is 4.74 Å². The Morgan fingerprint density at radius 3 is 2.81 bits per heavy atom. The average Bonchev–Trinajstić information content (AvgIpc) is 3.37. The van der Waals surface area contributed by atoms with E-state index in [1.165, 1.54) is 6.07 Å². The molecule has 4 atom stereocenters. The van der Waals surface area contributed by atoms with Gasteiger partial charge >= 0.3 is 6.01 Å². The molecule has 1 aromatic carbocycles. The van der Waals surface area contributed by atoms with Gasteiger partial charge in [-0.1, -0.05) is 0 Å². The standard InChI is InChI=1S/C22H25FN6O2/c1-28-10-9-24-22(28)31-14-4-5-15(19(30)12-14)16-7-8-20(27-26-16)29(2)18-11-13-3-6-17(25-13)21(18)23/h4-5,7-10,12-13,17-18,21,25,30H,3,6,11H2,1-2H3/t13-,17+,18-,21+/m1/s1. The summed E-state index contributed by atoms with van der Waals surface area (Å²) in [5.74, 6) is 1.11. The summed E-state index contributed by atoms with van der Waals surface area (Å²) in [6, 6.07) is 9.11. The van der Waals surface area contributed by atoms with E-state index in [0.29, 0.717) is 34.9 Å². The number of benzene rings is 1. The van der Waals surface area contributed by atoms with Crippen molar-refractivity contribution in [2.75, 3.05) is 11.9 Å². The number of nitrogens with one attached hydrogen (secondary N) is 1. The quantitative estimate of drug-likeness (QED) is 0.651. The molecule has 0 saturated carbocycles. The predicted octanol–water partition coefficient (Wildman–Crippen LogP) is 3.04. The molecule has 4 heterocycles. The molecule has 2 N–H and O–H groups in total. The monoisotopic (exact) mass is 424 g/mol. The minimum atomic E-state index is -0.930. The third kappa shape index (κ3) is 3.69. The van der Waals surface area contributed by atoms with Crippen LogP contribution in [0.4, 0.5) is 10.2 Å². The van der Waals surface area contributed by atoms with Crippen LogP contribution in [0.5, 0.6) is 17.5 Å². The summed E-state index contributed by atoms with van der Waals surface area (Å²) in [4.78, 5) is 5.99. The van der Waals surface area contributed by atoms with Crippen LogP contribution in [-0.2, 0) is 7.05 Å². The van der Waals surface area contributed by atoms with Crippen LogP contribution in [-0.4, -0.2) is 56.2 Å². The highest BCUT2D eigenvalue weighted by molar-refractivity contribution is 5.68. The van der Waals surface area contributed by atoms with E-state index in [2.05, 4.69) is 20.5 Å². The van der Waals surface area contributed by atoms with Crippen molar-refractivity contribution < 1.29 is 14.2 Å². The second-order valence-corrected chi connectivity index (χ2v) is 8.28. The summed E-state index contributed by atoms with van der Waals surface area (Å²) in [6.45, 7) is 0. The van der Waals surface area contributed by atoms with Gasteiger partial charge in [-0.25, -0.2) is 9.37 Å². The third-order valence-electron chi connectivity index (χ3n) is 6.29. The molecular weight excluding hydrogens is 399 g/mol. The van der Waals surface area contributed by atoms with E-state index < -0.39 is 6.17 Å². The SMILES string of the molecule is CN(c1ccc(-c2ccc(Oc3nccn3C)cc2O)nn1)[C@@H]1C[C@H]2CC[C@H](N2)[C@@H]1F. The molecule has 2 bridgehead atoms. The van der Waals surface area contributed by atoms with E-state index in [1.54, 1.807) is 35.2 Å². The van der Waals surface area contributed by atoms with Gasteiger partial charge < -0.3 is 24.6 Å². The van der Waals surface area contributed by atoms with Crippen LogP contribution < -0.4 is 15.0 Å². The number of imidazole rings is 1. The molecule has 162 valence electrons. The van der Waals surface area contributed by atoms with Crippen LogP contribution in [0.3, 0.4) is 0 Å². The summed E-state index contributed by atoms with van der Waals surface area (Å²) >= 11 is 0. The van der Waals surface area contributed by atoms with Crippen LogP contribution in [0, 0.1) is 0 Å².